The monoisotopic (exact) mass is 255 g/mol. The van der Waals surface area contributed by atoms with Crippen LogP contribution in [-0.2, 0) is 21.6 Å². The Morgan fingerprint density at radius 1 is 1.65 bits per heavy atom. The molecule has 0 saturated heterocycles. The summed E-state index contributed by atoms with van der Waals surface area (Å²) in [6, 6.07) is 0. The fourth-order valence-electron chi connectivity index (χ4n) is 2.15. The van der Waals surface area contributed by atoms with Gasteiger partial charge in [0.2, 0.25) is 0 Å². The van der Waals surface area contributed by atoms with Crippen molar-refractivity contribution in [3.05, 3.63) is 15.6 Å². The van der Waals surface area contributed by atoms with E-state index in [9.17, 15) is 4.79 Å². The first-order chi connectivity index (χ1) is 7.95. The summed E-state index contributed by atoms with van der Waals surface area (Å²) in [6.45, 7) is 6.52. The summed E-state index contributed by atoms with van der Waals surface area (Å²) in [4.78, 5) is 16.7. The summed E-state index contributed by atoms with van der Waals surface area (Å²) in [5.74, 6) is -1.19. The highest BCUT2D eigenvalue weighted by Gasteiger charge is 2.35. The van der Waals surface area contributed by atoms with Crippen LogP contribution in [0.1, 0.15) is 48.7 Å². The normalized spacial score (nSPS) is 19.4. The van der Waals surface area contributed by atoms with Gasteiger partial charge >= 0.3 is 5.97 Å². The molecule has 0 aliphatic heterocycles. The summed E-state index contributed by atoms with van der Waals surface area (Å²) in [5, 5.41) is 9.99. The molecule has 17 heavy (non-hydrogen) atoms. The molecule has 1 aromatic heterocycles. The average Bonchev–Trinajstić information content (AvgIpc) is 2.74. The number of ether oxygens (including phenoxy) is 1. The Morgan fingerprint density at radius 3 is 2.94 bits per heavy atom. The number of carboxylic acid groups (broad SMARTS) is 1. The van der Waals surface area contributed by atoms with Gasteiger partial charge in [0.1, 0.15) is 16.5 Å². The molecule has 0 fully saturated rings. The molecule has 4 nitrogen and oxygen atoms in total. The zero-order chi connectivity index (χ0) is 12.6. The zero-order valence-corrected chi connectivity index (χ0v) is 11.1. The standard InChI is InChI=1S/C12H17NO3S/c1-4-16-12(2,3)11-13-9-7(10(14)15)5-6-8(9)17-11/h7H,4-6H2,1-3H3,(H,14,15). The summed E-state index contributed by atoms with van der Waals surface area (Å²) in [7, 11) is 0. The molecule has 0 aromatic carbocycles. The Kier molecular flexibility index (Phi) is 3.23. The molecule has 1 aliphatic rings. The van der Waals surface area contributed by atoms with Crippen LogP contribution in [0.2, 0.25) is 0 Å². The maximum Gasteiger partial charge on any atom is 0.312 e. The number of hydrogen-bond donors (Lipinski definition) is 1. The van der Waals surface area contributed by atoms with Crippen LogP contribution >= 0.6 is 11.3 Å². The van der Waals surface area contributed by atoms with Crippen molar-refractivity contribution >= 4 is 17.3 Å². The lowest BCUT2D eigenvalue weighted by atomic mass is 10.1. The molecule has 1 heterocycles. The molecular formula is C12H17NO3S. The van der Waals surface area contributed by atoms with Gasteiger partial charge in [0.25, 0.3) is 0 Å². The van der Waals surface area contributed by atoms with E-state index in [1.54, 1.807) is 11.3 Å². The molecular weight excluding hydrogens is 238 g/mol. The smallest absolute Gasteiger partial charge is 0.312 e. The van der Waals surface area contributed by atoms with E-state index in [2.05, 4.69) is 4.98 Å². The van der Waals surface area contributed by atoms with Gasteiger partial charge in [0.05, 0.1) is 5.69 Å². The molecule has 1 N–H and O–H groups in total. The molecule has 1 unspecified atom stereocenters. The van der Waals surface area contributed by atoms with Gasteiger partial charge in [-0.1, -0.05) is 0 Å². The van der Waals surface area contributed by atoms with Crippen molar-refractivity contribution in [2.45, 2.75) is 45.1 Å². The highest BCUT2D eigenvalue weighted by atomic mass is 32.1. The third-order valence-electron chi connectivity index (χ3n) is 3.04. The lowest BCUT2D eigenvalue weighted by molar-refractivity contribution is -0.138. The average molecular weight is 255 g/mol. The van der Waals surface area contributed by atoms with Crippen LogP contribution in [0.5, 0.6) is 0 Å². The molecule has 1 aromatic rings. The number of aromatic nitrogens is 1. The fraction of sp³-hybridized carbons (Fsp3) is 0.667. The largest absolute Gasteiger partial charge is 0.481 e. The molecule has 0 radical (unpaired) electrons. The number of thiazole rings is 1. The van der Waals surface area contributed by atoms with E-state index >= 15 is 0 Å². The van der Waals surface area contributed by atoms with Gasteiger partial charge < -0.3 is 9.84 Å². The van der Waals surface area contributed by atoms with E-state index in [-0.39, 0.29) is 0 Å². The Balaban J connectivity index is 2.30. The quantitative estimate of drug-likeness (QED) is 0.898. The molecule has 0 spiro atoms. The highest BCUT2D eigenvalue weighted by molar-refractivity contribution is 7.12. The van der Waals surface area contributed by atoms with Crippen molar-refractivity contribution in [3.63, 3.8) is 0 Å². The summed E-state index contributed by atoms with van der Waals surface area (Å²) < 4.78 is 5.65. The molecule has 0 amide bonds. The Labute approximate surface area is 105 Å². The molecule has 94 valence electrons. The third-order valence-corrected chi connectivity index (χ3v) is 4.47. The second-order valence-electron chi connectivity index (χ2n) is 4.70. The van der Waals surface area contributed by atoms with Crippen molar-refractivity contribution < 1.29 is 14.6 Å². The molecule has 0 bridgehead atoms. The Morgan fingerprint density at radius 2 is 2.35 bits per heavy atom. The first-order valence-corrected chi connectivity index (χ1v) is 6.64. The predicted octanol–water partition coefficient (Wildman–Crippen LogP) is 2.53. The van der Waals surface area contributed by atoms with E-state index in [0.717, 1.165) is 22.0 Å². The first-order valence-electron chi connectivity index (χ1n) is 5.82. The lowest BCUT2D eigenvalue weighted by Crippen LogP contribution is -2.21. The van der Waals surface area contributed by atoms with Crippen LogP contribution < -0.4 is 0 Å². The minimum Gasteiger partial charge on any atom is -0.481 e. The van der Waals surface area contributed by atoms with E-state index in [0.29, 0.717) is 13.0 Å². The maximum atomic E-state index is 11.1. The maximum absolute atomic E-state index is 11.1. The first kappa shape index (κ1) is 12.5. The van der Waals surface area contributed by atoms with Crippen LogP contribution in [0.4, 0.5) is 0 Å². The van der Waals surface area contributed by atoms with Crippen LogP contribution in [0.15, 0.2) is 0 Å². The van der Waals surface area contributed by atoms with E-state index < -0.39 is 17.5 Å². The SMILES string of the molecule is CCOC(C)(C)c1nc2c(s1)CCC2C(=O)O. The number of aliphatic carboxylic acids is 1. The number of fused-ring (bicyclic) bond motifs is 1. The van der Waals surface area contributed by atoms with Gasteiger partial charge in [-0.15, -0.1) is 11.3 Å². The van der Waals surface area contributed by atoms with Crippen LogP contribution in [0.3, 0.4) is 0 Å². The van der Waals surface area contributed by atoms with Crippen molar-refractivity contribution in [2.75, 3.05) is 6.61 Å². The van der Waals surface area contributed by atoms with E-state index in [1.807, 2.05) is 20.8 Å². The third kappa shape index (κ3) is 2.21. The number of rotatable bonds is 4. The highest BCUT2D eigenvalue weighted by Crippen LogP contribution is 2.40. The van der Waals surface area contributed by atoms with Gasteiger partial charge in [0.15, 0.2) is 0 Å². The van der Waals surface area contributed by atoms with E-state index in [4.69, 9.17) is 9.84 Å². The predicted molar refractivity (Wildman–Crippen MR) is 65.5 cm³/mol. The summed E-state index contributed by atoms with van der Waals surface area (Å²) in [6.07, 6.45) is 1.50. The van der Waals surface area contributed by atoms with Crippen LogP contribution in [0, 0.1) is 0 Å². The van der Waals surface area contributed by atoms with Crippen molar-refractivity contribution in [1.82, 2.24) is 4.98 Å². The van der Waals surface area contributed by atoms with Crippen molar-refractivity contribution in [1.29, 1.82) is 0 Å². The molecule has 1 aliphatic carbocycles. The van der Waals surface area contributed by atoms with Gasteiger partial charge in [0, 0.05) is 11.5 Å². The fourth-order valence-corrected chi connectivity index (χ4v) is 3.34. The number of carbonyl (C=O) groups is 1. The molecule has 5 heteroatoms. The second-order valence-corrected chi connectivity index (χ2v) is 5.78. The Hall–Kier alpha value is -0.940. The van der Waals surface area contributed by atoms with Crippen molar-refractivity contribution in [2.24, 2.45) is 0 Å². The van der Waals surface area contributed by atoms with Crippen molar-refractivity contribution in [3.8, 4) is 0 Å². The molecule has 2 rings (SSSR count). The lowest BCUT2D eigenvalue weighted by Gasteiger charge is -2.21. The van der Waals surface area contributed by atoms with Crippen LogP contribution in [-0.4, -0.2) is 22.7 Å². The second kappa shape index (κ2) is 4.38. The zero-order valence-electron chi connectivity index (χ0n) is 10.3. The van der Waals surface area contributed by atoms with Gasteiger partial charge in [-0.05, 0) is 33.6 Å². The summed E-state index contributed by atoms with van der Waals surface area (Å²) >= 11 is 1.59. The molecule has 1 atom stereocenters. The topological polar surface area (TPSA) is 59.4 Å². The number of aryl methyl sites for hydroxylation is 1. The van der Waals surface area contributed by atoms with Gasteiger partial charge in [-0.25, -0.2) is 4.98 Å². The van der Waals surface area contributed by atoms with Gasteiger partial charge in [-0.2, -0.15) is 0 Å². The van der Waals surface area contributed by atoms with E-state index in [1.165, 1.54) is 0 Å². The number of carboxylic acids is 1. The number of hydrogen-bond acceptors (Lipinski definition) is 4. The minimum atomic E-state index is -0.769. The van der Waals surface area contributed by atoms with Gasteiger partial charge in [-0.3, -0.25) is 4.79 Å². The Bertz CT molecular complexity index is 439. The number of nitrogens with zero attached hydrogens (tertiary/aromatic N) is 1. The molecule has 0 saturated carbocycles. The van der Waals surface area contributed by atoms with Crippen LogP contribution in [0.25, 0.3) is 0 Å². The summed E-state index contributed by atoms with van der Waals surface area (Å²) in [5.41, 5.74) is 0.331. The minimum absolute atomic E-state index is 0.424.